The first-order valence-electron chi connectivity index (χ1n) is 5.13. The molecular formula is C12H18ClNO. The van der Waals surface area contributed by atoms with E-state index in [0.717, 1.165) is 23.4 Å². The molecule has 0 saturated heterocycles. The molecule has 0 aliphatic rings. The van der Waals surface area contributed by atoms with Gasteiger partial charge in [0.05, 0.1) is 6.61 Å². The predicted molar refractivity (Wildman–Crippen MR) is 64.4 cm³/mol. The molecule has 1 aromatic rings. The summed E-state index contributed by atoms with van der Waals surface area (Å²) in [7, 11) is 1.67. The number of nitrogens with two attached hydrogens (primary N) is 1. The van der Waals surface area contributed by atoms with Crippen LogP contribution in [0.3, 0.4) is 0 Å². The number of ether oxygens (including phenoxy) is 1. The van der Waals surface area contributed by atoms with Crippen molar-refractivity contribution in [2.75, 3.05) is 13.7 Å². The zero-order valence-electron chi connectivity index (χ0n) is 9.29. The molecule has 0 saturated carbocycles. The number of hydrogen-bond acceptors (Lipinski definition) is 2. The fraction of sp³-hybridized carbons (Fsp3) is 0.500. The molecular weight excluding hydrogens is 210 g/mol. The molecule has 15 heavy (non-hydrogen) atoms. The molecule has 2 nitrogen and oxygen atoms in total. The Labute approximate surface area is 96.4 Å². The van der Waals surface area contributed by atoms with Gasteiger partial charge < -0.3 is 10.5 Å². The lowest BCUT2D eigenvalue weighted by Crippen LogP contribution is -2.26. The van der Waals surface area contributed by atoms with Crippen LogP contribution in [0.4, 0.5) is 0 Å². The van der Waals surface area contributed by atoms with Gasteiger partial charge in [0.2, 0.25) is 0 Å². The third-order valence-electron chi connectivity index (χ3n) is 2.37. The Morgan fingerprint density at radius 3 is 2.80 bits per heavy atom. The highest BCUT2D eigenvalue weighted by Crippen LogP contribution is 2.19. The number of methoxy groups -OCH3 is 1. The van der Waals surface area contributed by atoms with E-state index in [-0.39, 0.29) is 6.04 Å². The lowest BCUT2D eigenvalue weighted by atomic mass is 10.0. The first-order chi connectivity index (χ1) is 7.13. The summed E-state index contributed by atoms with van der Waals surface area (Å²) in [5.41, 5.74) is 8.19. The summed E-state index contributed by atoms with van der Waals surface area (Å²) in [6.07, 6.45) is 1.81. The van der Waals surface area contributed by atoms with Crippen LogP contribution >= 0.6 is 11.6 Å². The van der Waals surface area contributed by atoms with Gasteiger partial charge in [-0.3, -0.25) is 0 Å². The van der Waals surface area contributed by atoms with Crippen LogP contribution in [-0.2, 0) is 11.2 Å². The minimum atomic E-state index is 0.0902. The second-order valence-corrected chi connectivity index (χ2v) is 4.26. The number of halogens is 1. The number of rotatable bonds is 5. The van der Waals surface area contributed by atoms with Crippen LogP contribution in [0.15, 0.2) is 18.2 Å². The van der Waals surface area contributed by atoms with Gasteiger partial charge in [0, 0.05) is 18.2 Å². The van der Waals surface area contributed by atoms with Gasteiger partial charge in [0.1, 0.15) is 0 Å². The lowest BCUT2D eigenvalue weighted by Gasteiger charge is -2.11. The summed E-state index contributed by atoms with van der Waals surface area (Å²) in [6, 6.07) is 6.21. The number of hydrogen-bond donors (Lipinski definition) is 1. The summed E-state index contributed by atoms with van der Waals surface area (Å²) >= 11 is 6.12. The number of aryl methyl sites for hydroxylation is 2. The van der Waals surface area contributed by atoms with Gasteiger partial charge in [0.25, 0.3) is 0 Å². The van der Waals surface area contributed by atoms with Gasteiger partial charge in [-0.15, -0.1) is 0 Å². The van der Waals surface area contributed by atoms with Gasteiger partial charge in [-0.2, -0.15) is 0 Å². The van der Waals surface area contributed by atoms with Gasteiger partial charge in [-0.05, 0) is 37.0 Å². The molecule has 0 bridgehead atoms. The Kier molecular flexibility index (Phi) is 5.09. The van der Waals surface area contributed by atoms with Crippen LogP contribution in [0.5, 0.6) is 0 Å². The van der Waals surface area contributed by atoms with E-state index in [1.165, 1.54) is 5.56 Å². The predicted octanol–water partition coefficient (Wildman–Crippen LogP) is 2.55. The standard InChI is InChI=1S/C12H18ClNO/c1-9-3-4-10(12(13)7-9)5-6-11(14)8-15-2/h3-4,7,11H,5-6,8,14H2,1-2H3. The Hall–Kier alpha value is -0.570. The smallest absolute Gasteiger partial charge is 0.0613 e. The summed E-state index contributed by atoms with van der Waals surface area (Å²) in [4.78, 5) is 0. The maximum absolute atomic E-state index is 6.12. The summed E-state index contributed by atoms with van der Waals surface area (Å²) < 4.78 is 4.98. The van der Waals surface area contributed by atoms with Crippen molar-refractivity contribution in [1.82, 2.24) is 0 Å². The highest BCUT2D eigenvalue weighted by atomic mass is 35.5. The quantitative estimate of drug-likeness (QED) is 0.839. The molecule has 2 N–H and O–H groups in total. The van der Waals surface area contributed by atoms with Crippen molar-refractivity contribution in [2.24, 2.45) is 5.73 Å². The molecule has 1 aromatic carbocycles. The van der Waals surface area contributed by atoms with E-state index in [4.69, 9.17) is 22.1 Å². The minimum Gasteiger partial charge on any atom is -0.383 e. The van der Waals surface area contributed by atoms with Gasteiger partial charge in [0.15, 0.2) is 0 Å². The van der Waals surface area contributed by atoms with Crippen molar-refractivity contribution < 1.29 is 4.74 Å². The summed E-state index contributed by atoms with van der Waals surface area (Å²) in [5.74, 6) is 0. The molecule has 1 rings (SSSR count). The van der Waals surface area contributed by atoms with E-state index >= 15 is 0 Å². The van der Waals surface area contributed by atoms with Crippen LogP contribution in [0.1, 0.15) is 17.5 Å². The topological polar surface area (TPSA) is 35.2 Å². The van der Waals surface area contributed by atoms with Crippen molar-refractivity contribution in [3.8, 4) is 0 Å². The number of benzene rings is 1. The molecule has 0 spiro atoms. The summed E-state index contributed by atoms with van der Waals surface area (Å²) in [5, 5.41) is 0.833. The third-order valence-corrected chi connectivity index (χ3v) is 2.73. The van der Waals surface area contributed by atoms with Crippen LogP contribution in [-0.4, -0.2) is 19.8 Å². The highest BCUT2D eigenvalue weighted by Gasteiger charge is 2.05. The van der Waals surface area contributed by atoms with Gasteiger partial charge in [-0.1, -0.05) is 23.7 Å². The lowest BCUT2D eigenvalue weighted by molar-refractivity contribution is 0.177. The normalized spacial score (nSPS) is 12.8. The van der Waals surface area contributed by atoms with Crippen molar-refractivity contribution >= 4 is 11.6 Å². The Balaban J connectivity index is 2.50. The zero-order valence-corrected chi connectivity index (χ0v) is 10.1. The van der Waals surface area contributed by atoms with E-state index in [2.05, 4.69) is 12.1 Å². The Bertz CT molecular complexity index is 314. The molecule has 84 valence electrons. The molecule has 1 atom stereocenters. The second kappa shape index (κ2) is 6.11. The second-order valence-electron chi connectivity index (χ2n) is 3.85. The molecule has 0 aliphatic heterocycles. The molecule has 0 heterocycles. The maximum Gasteiger partial charge on any atom is 0.0613 e. The third kappa shape index (κ3) is 4.20. The van der Waals surface area contributed by atoms with Crippen LogP contribution in [0.2, 0.25) is 5.02 Å². The van der Waals surface area contributed by atoms with E-state index < -0.39 is 0 Å². The minimum absolute atomic E-state index is 0.0902. The largest absolute Gasteiger partial charge is 0.383 e. The average molecular weight is 228 g/mol. The van der Waals surface area contributed by atoms with Crippen LogP contribution in [0, 0.1) is 6.92 Å². The van der Waals surface area contributed by atoms with Crippen LogP contribution in [0.25, 0.3) is 0 Å². The fourth-order valence-electron chi connectivity index (χ4n) is 1.49. The van der Waals surface area contributed by atoms with E-state index in [9.17, 15) is 0 Å². The van der Waals surface area contributed by atoms with E-state index in [0.29, 0.717) is 6.61 Å². The molecule has 3 heteroatoms. The van der Waals surface area contributed by atoms with Crippen molar-refractivity contribution in [1.29, 1.82) is 0 Å². The SMILES string of the molecule is COCC(N)CCc1ccc(C)cc1Cl. The maximum atomic E-state index is 6.12. The zero-order chi connectivity index (χ0) is 11.3. The van der Waals surface area contributed by atoms with Crippen molar-refractivity contribution in [2.45, 2.75) is 25.8 Å². The molecule has 0 aromatic heterocycles. The first-order valence-corrected chi connectivity index (χ1v) is 5.51. The molecule has 0 fully saturated rings. The average Bonchev–Trinajstić information content (AvgIpc) is 2.17. The van der Waals surface area contributed by atoms with Gasteiger partial charge in [-0.25, -0.2) is 0 Å². The molecule has 1 unspecified atom stereocenters. The Morgan fingerprint density at radius 1 is 1.47 bits per heavy atom. The highest BCUT2D eigenvalue weighted by molar-refractivity contribution is 6.31. The Morgan fingerprint density at radius 2 is 2.20 bits per heavy atom. The molecule has 0 aliphatic carbocycles. The van der Waals surface area contributed by atoms with Crippen molar-refractivity contribution in [3.63, 3.8) is 0 Å². The summed E-state index contributed by atoms with van der Waals surface area (Å²) in [6.45, 7) is 2.63. The van der Waals surface area contributed by atoms with E-state index in [1.807, 2.05) is 13.0 Å². The fourth-order valence-corrected chi connectivity index (χ4v) is 1.82. The molecule has 0 amide bonds. The van der Waals surface area contributed by atoms with Gasteiger partial charge >= 0.3 is 0 Å². The monoisotopic (exact) mass is 227 g/mol. The van der Waals surface area contributed by atoms with E-state index in [1.54, 1.807) is 7.11 Å². The van der Waals surface area contributed by atoms with Crippen LogP contribution < -0.4 is 5.73 Å². The first kappa shape index (κ1) is 12.5. The molecule has 0 radical (unpaired) electrons. The van der Waals surface area contributed by atoms with Crippen molar-refractivity contribution in [3.05, 3.63) is 34.3 Å².